The van der Waals surface area contributed by atoms with E-state index < -0.39 is 11.6 Å². The van der Waals surface area contributed by atoms with Gasteiger partial charge in [0.05, 0.1) is 0 Å². The van der Waals surface area contributed by atoms with Crippen LogP contribution in [0.3, 0.4) is 0 Å². The highest BCUT2D eigenvalue weighted by Gasteiger charge is 2.07. The zero-order chi connectivity index (χ0) is 13.4. The van der Waals surface area contributed by atoms with E-state index in [1.807, 2.05) is 0 Å². The van der Waals surface area contributed by atoms with Gasteiger partial charge in [-0.1, -0.05) is 6.07 Å². The van der Waals surface area contributed by atoms with Crippen LogP contribution in [0, 0.1) is 11.6 Å². The summed E-state index contributed by atoms with van der Waals surface area (Å²) in [4.78, 5) is 13.9. The fraction of sp³-hybridized carbons (Fsp3) is 0. The van der Waals surface area contributed by atoms with E-state index >= 15 is 0 Å². The van der Waals surface area contributed by atoms with Gasteiger partial charge in [0.25, 0.3) is 0 Å². The van der Waals surface area contributed by atoms with Crippen LogP contribution in [0.25, 0.3) is 22.0 Å². The lowest BCUT2D eigenvalue weighted by atomic mass is 10.0. The third-order valence-corrected chi connectivity index (χ3v) is 2.97. The van der Waals surface area contributed by atoms with Gasteiger partial charge >= 0.3 is 0 Å². The van der Waals surface area contributed by atoms with Crippen molar-refractivity contribution in [2.45, 2.75) is 0 Å². The van der Waals surface area contributed by atoms with Gasteiger partial charge in [-0.3, -0.25) is 4.79 Å². The summed E-state index contributed by atoms with van der Waals surface area (Å²) in [5.74, 6) is -1.21. The molecule has 3 rings (SSSR count). The van der Waals surface area contributed by atoms with Crippen molar-refractivity contribution in [3.05, 3.63) is 70.5 Å². The minimum atomic E-state index is -0.608. The molecule has 0 bridgehead atoms. The van der Waals surface area contributed by atoms with Crippen LogP contribution < -0.4 is 5.56 Å². The van der Waals surface area contributed by atoms with E-state index in [1.54, 1.807) is 24.3 Å². The second kappa shape index (κ2) is 4.31. The minimum Gasteiger partial charge on any atom is -0.322 e. The van der Waals surface area contributed by atoms with E-state index in [-0.39, 0.29) is 5.56 Å². The van der Waals surface area contributed by atoms with Crippen molar-refractivity contribution in [2.75, 3.05) is 0 Å². The van der Waals surface area contributed by atoms with E-state index in [0.717, 1.165) is 11.5 Å². The van der Waals surface area contributed by atoms with Crippen LogP contribution in [-0.4, -0.2) is 4.98 Å². The maximum atomic E-state index is 13.7. The number of benzene rings is 2. The number of pyridine rings is 1. The molecule has 0 amide bonds. The predicted octanol–water partition coefficient (Wildman–Crippen LogP) is 3.47. The Kier molecular flexibility index (Phi) is 2.63. The van der Waals surface area contributed by atoms with Crippen LogP contribution in [0.2, 0.25) is 0 Å². The first-order valence-corrected chi connectivity index (χ1v) is 5.72. The van der Waals surface area contributed by atoms with Gasteiger partial charge in [-0.25, -0.2) is 8.78 Å². The molecule has 0 atom stereocenters. The number of fused-ring (bicyclic) bond motifs is 1. The molecule has 2 nitrogen and oxygen atoms in total. The summed E-state index contributed by atoms with van der Waals surface area (Å²) in [6.07, 6.45) is 0. The summed E-state index contributed by atoms with van der Waals surface area (Å²) >= 11 is 0. The van der Waals surface area contributed by atoms with Gasteiger partial charge in [0.1, 0.15) is 11.6 Å². The van der Waals surface area contributed by atoms with Crippen LogP contribution >= 0.6 is 0 Å². The highest BCUT2D eigenvalue weighted by molar-refractivity contribution is 5.84. The standard InChI is InChI=1S/C15H9F2NO/c16-11-3-4-12(13(17)8-11)9-1-5-14-10(7-9)2-6-15(19)18-14/h1-8H,(H,18,19). The molecule has 1 aromatic heterocycles. The molecule has 0 radical (unpaired) electrons. The molecule has 0 spiro atoms. The Morgan fingerprint density at radius 3 is 2.53 bits per heavy atom. The zero-order valence-electron chi connectivity index (χ0n) is 9.78. The predicted molar refractivity (Wildman–Crippen MR) is 69.9 cm³/mol. The summed E-state index contributed by atoms with van der Waals surface area (Å²) in [5.41, 5.74) is 1.46. The molecule has 0 aliphatic carbocycles. The second-order valence-corrected chi connectivity index (χ2v) is 4.25. The lowest BCUT2D eigenvalue weighted by Gasteiger charge is -2.05. The van der Waals surface area contributed by atoms with E-state index in [9.17, 15) is 13.6 Å². The molecule has 0 fully saturated rings. The summed E-state index contributed by atoms with van der Waals surface area (Å²) in [5, 5.41) is 0.792. The first-order chi connectivity index (χ1) is 9.13. The Labute approximate surface area is 107 Å². The number of aromatic nitrogens is 1. The lowest BCUT2D eigenvalue weighted by Crippen LogP contribution is -2.02. The number of nitrogens with one attached hydrogen (secondary N) is 1. The summed E-state index contributed by atoms with van der Waals surface area (Å²) in [7, 11) is 0. The highest BCUT2D eigenvalue weighted by Crippen LogP contribution is 2.26. The van der Waals surface area contributed by atoms with Crippen molar-refractivity contribution in [1.29, 1.82) is 0 Å². The van der Waals surface area contributed by atoms with E-state index in [0.29, 0.717) is 16.6 Å². The van der Waals surface area contributed by atoms with Gasteiger partial charge < -0.3 is 4.98 Å². The van der Waals surface area contributed by atoms with Gasteiger partial charge in [-0.05, 0) is 41.3 Å². The summed E-state index contributed by atoms with van der Waals surface area (Å²) in [6.45, 7) is 0. The topological polar surface area (TPSA) is 32.9 Å². The largest absolute Gasteiger partial charge is 0.322 e. The molecule has 94 valence electrons. The molecule has 4 heteroatoms. The first kappa shape index (κ1) is 11.6. The molecule has 19 heavy (non-hydrogen) atoms. The monoisotopic (exact) mass is 257 g/mol. The third kappa shape index (κ3) is 2.12. The van der Waals surface area contributed by atoms with E-state index in [4.69, 9.17) is 0 Å². The van der Waals surface area contributed by atoms with Crippen molar-refractivity contribution in [3.8, 4) is 11.1 Å². The van der Waals surface area contributed by atoms with Gasteiger partial charge in [0.15, 0.2) is 0 Å². The molecule has 2 aromatic carbocycles. The Morgan fingerprint density at radius 2 is 1.74 bits per heavy atom. The van der Waals surface area contributed by atoms with Crippen LogP contribution in [0.1, 0.15) is 0 Å². The summed E-state index contributed by atoms with van der Waals surface area (Å²) in [6, 6.07) is 11.7. The minimum absolute atomic E-state index is 0.187. The molecular formula is C15H9F2NO. The Bertz CT molecular complexity index is 824. The second-order valence-electron chi connectivity index (χ2n) is 4.25. The quantitative estimate of drug-likeness (QED) is 0.711. The van der Waals surface area contributed by atoms with Crippen LogP contribution in [0.4, 0.5) is 8.78 Å². The molecule has 1 N–H and O–H groups in total. The van der Waals surface area contributed by atoms with Crippen molar-refractivity contribution in [3.63, 3.8) is 0 Å². The molecule has 0 aliphatic rings. The van der Waals surface area contributed by atoms with E-state index in [2.05, 4.69) is 4.98 Å². The van der Waals surface area contributed by atoms with Crippen molar-refractivity contribution in [1.82, 2.24) is 4.98 Å². The van der Waals surface area contributed by atoms with Gasteiger partial charge in [0.2, 0.25) is 5.56 Å². The molecule has 0 saturated carbocycles. The number of rotatable bonds is 1. The SMILES string of the molecule is O=c1ccc2cc(-c3ccc(F)cc3F)ccc2[nH]1. The van der Waals surface area contributed by atoms with Crippen LogP contribution in [-0.2, 0) is 0 Å². The van der Waals surface area contributed by atoms with Crippen LogP contribution in [0.5, 0.6) is 0 Å². The molecule has 0 aliphatic heterocycles. The number of halogens is 2. The fourth-order valence-corrected chi connectivity index (χ4v) is 2.05. The average molecular weight is 257 g/mol. The molecule has 3 aromatic rings. The molecule has 0 saturated heterocycles. The van der Waals surface area contributed by atoms with Crippen LogP contribution in [0.15, 0.2) is 53.3 Å². The van der Waals surface area contributed by atoms with Crippen molar-refractivity contribution >= 4 is 10.9 Å². The van der Waals surface area contributed by atoms with E-state index in [1.165, 1.54) is 18.2 Å². The van der Waals surface area contributed by atoms with Gasteiger partial charge in [-0.15, -0.1) is 0 Å². The van der Waals surface area contributed by atoms with Crippen molar-refractivity contribution in [2.24, 2.45) is 0 Å². The maximum absolute atomic E-state index is 13.7. The Balaban J connectivity index is 2.20. The maximum Gasteiger partial charge on any atom is 0.248 e. The average Bonchev–Trinajstić information content (AvgIpc) is 2.38. The molecular weight excluding hydrogens is 248 g/mol. The highest BCUT2D eigenvalue weighted by atomic mass is 19.1. The fourth-order valence-electron chi connectivity index (χ4n) is 2.05. The van der Waals surface area contributed by atoms with Gasteiger partial charge in [0, 0.05) is 23.2 Å². The third-order valence-electron chi connectivity index (χ3n) is 2.97. The normalized spacial score (nSPS) is 10.8. The number of hydrogen-bond acceptors (Lipinski definition) is 1. The Morgan fingerprint density at radius 1 is 0.895 bits per heavy atom. The number of aromatic amines is 1. The zero-order valence-corrected chi connectivity index (χ0v) is 9.78. The summed E-state index contributed by atoms with van der Waals surface area (Å²) < 4.78 is 26.6. The lowest BCUT2D eigenvalue weighted by molar-refractivity contribution is 0.585. The number of hydrogen-bond donors (Lipinski definition) is 1. The first-order valence-electron chi connectivity index (χ1n) is 5.72. The Hall–Kier alpha value is -2.49. The molecule has 1 heterocycles. The van der Waals surface area contributed by atoms with Crippen molar-refractivity contribution < 1.29 is 8.78 Å². The smallest absolute Gasteiger partial charge is 0.248 e. The number of H-pyrrole nitrogens is 1. The molecule has 0 unspecified atom stereocenters. The van der Waals surface area contributed by atoms with Gasteiger partial charge in [-0.2, -0.15) is 0 Å².